The Morgan fingerprint density at radius 2 is 1.84 bits per heavy atom. The van der Waals surface area contributed by atoms with Crippen LogP contribution in [-0.2, 0) is 9.59 Å². The van der Waals surface area contributed by atoms with Crippen LogP contribution in [0.5, 0.6) is 5.75 Å². The van der Waals surface area contributed by atoms with Gasteiger partial charge in [0.15, 0.2) is 13.1 Å². The third-order valence-corrected chi connectivity index (χ3v) is 3.11. The van der Waals surface area contributed by atoms with Crippen LogP contribution in [0.2, 0.25) is 0 Å². The first-order valence-corrected chi connectivity index (χ1v) is 7.76. The normalized spacial score (nSPS) is 12.2. The van der Waals surface area contributed by atoms with Crippen molar-refractivity contribution < 1.29 is 24.1 Å². The zero-order valence-corrected chi connectivity index (χ0v) is 15.1. The van der Waals surface area contributed by atoms with Gasteiger partial charge in [-0.05, 0) is 32.9 Å². The highest BCUT2D eigenvalue weighted by molar-refractivity contribution is 5.94. The lowest BCUT2D eigenvalue weighted by Gasteiger charge is -2.21. The molecule has 0 heterocycles. The van der Waals surface area contributed by atoms with Crippen LogP contribution < -0.4 is 20.3 Å². The van der Waals surface area contributed by atoms with E-state index in [-0.39, 0.29) is 35.9 Å². The Morgan fingerprint density at radius 3 is 2.36 bits per heavy atom. The Hall–Kier alpha value is -2.68. The van der Waals surface area contributed by atoms with Gasteiger partial charge in [-0.3, -0.25) is 19.7 Å². The van der Waals surface area contributed by atoms with Gasteiger partial charge >= 0.3 is 0 Å². The van der Waals surface area contributed by atoms with Crippen molar-refractivity contribution in [3.8, 4) is 5.75 Å². The monoisotopic (exact) mass is 353 g/mol. The largest absolute Gasteiger partial charge is 0.496 e. The molecule has 25 heavy (non-hydrogen) atoms. The number of quaternary nitrogens is 1. The van der Waals surface area contributed by atoms with E-state index in [0.29, 0.717) is 10.6 Å². The predicted octanol–water partition coefficient (Wildman–Crippen LogP) is -0.0287. The van der Waals surface area contributed by atoms with E-state index < -0.39 is 10.8 Å². The Bertz CT molecular complexity index is 654. The van der Waals surface area contributed by atoms with Crippen LogP contribution in [0.15, 0.2) is 18.2 Å². The van der Waals surface area contributed by atoms with Gasteiger partial charge in [0.2, 0.25) is 0 Å². The van der Waals surface area contributed by atoms with Crippen molar-refractivity contribution in [2.75, 3.05) is 32.6 Å². The predicted molar refractivity (Wildman–Crippen MR) is 92.8 cm³/mol. The highest BCUT2D eigenvalue weighted by Crippen LogP contribution is 2.28. The van der Waals surface area contributed by atoms with Gasteiger partial charge in [0, 0.05) is 5.54 Å². The number of hydrogen-bond acceptors (Lipinski definition) is 5. The first kappa shape index (κ1) is 20.4. The van der Waals surface area contributed by atoms with Crippen LogP contribution in [0.3, 0.4) is 0 Å². The quantitative estimate of drug-likeness (QED) is 0.470. The molecule has 0 aromatic heterocycles. The zero-order chi connectivity index (χ0) is 19.2. The number of likely N-dealkylation sites (N-methyl/N-ethyl adjacent to an activating group) is 1. The second kappa shape index (κ2) is 8.43. The minimum absolute atomic E-state index is 0.000740. The number of nitrogens with one attached hydrogen (secondary N) is 3. The van der Waals surface area contributed by atoms with E-state index in [2.05, 4.69) is 10.6 Å². The molecule has 0 saturated heterocycles. The minimum atomic E-state index is -0.592. The average Bonchev–Trinajstić information content (AvgIpc) is 2.44. The van der Waals surface area contributed by atoms with E-state index in [1.54, 1.807) is 7.05 Å². The molecule has 0 fully saturated rings. The van der Waals surface area contributed by atoms with E-state index >= 15 is 0 Å². The zero-order valence-electron chi connectivity index (χ0n) is 15.1. The maximum absolute atomic E-state index is 12.1. The molecule has 0 aliphatic rings. The van der Waals surface area contributed by atoms with Gasteiger partial charge < -0.3 is 20.3 Å². The number of carbonyl (C=O) groups excluding carboxylic acids is 2. The molecule has 9 nitrogen and oxygen atoms in total. The van der Waals surface area contributed by atoms with Crippen LogP contribution >= 0.6 is 0 Å². The fourth-order valence-corrected chi connectivity index (χ4v) is 2.16. The van der Waals surface area contributed by atoms with Crippen LogP contribution in [0, 0.1) is 10.1 Å². The lowest BCUT2D eigenvalue weighted by atomic mass is 10.1. The number of carbonyl (C=O) groups is 2. The lowest BCUT2D eigenvalue weighted by Crippen LogP contribution is -3.11. The maximum atomic E-state index is 12.1. The second-order valence-electron chi connectivity index (χ2n) is 6.80. The number of rotatable bonds is 7. The van der Waals surface area contributed by atoms with Crippen molar-refractivity contribution in [3.05, 3.63) is 28.3 Å². The Kier molecular flexibility index (Phi) is 6.86. The van der Waals surface area contributed by atoms with Gasteiger partial charge in [0.1, 0.15) is 11.4 Å². The molecule has 2 amide bonds. The van der Waals surface area contributed by atoms with Crippen molar-refractivity contribution in [1.82, 2.24) is 5.32 Å². The number of anilines is 1. The molecular weight excluding hydrogens is 328 g/mol. The topological polar surface area (TPSA) is 115 Å². The second-order valence-corrected chi connectivity index (χ2v) is 6.80. The molecule has 1 aromatic carbocycles. The van der Waals surface area contributed by atoms with E-state index in [1.165, 1.54) is 25.3 Å². The fourth-order valence-electron chi connectivity index (χ4n) is 2.16. The Morgan fingerprint density at radius 1 is 1.24 bits per heavy atom. The molecule has 0 radical (unpaired) electrons. The molecule has 138 valence electrons. The number of ether oxygens (including phenoxy) is 1. The van der Waals surface area contributed by atoms with Crippen LogP contribution in [0.25, 0.3) is 0 Å². The summed E-state index contributed by atoms with van der Waals surface area (Å²) in [6.45, 7) is 5.73. The van der Waals surface area contributed by atoms with E-state index in [0.717, 1.165) is 0 Å². The highest BCUT2D eigenvalue weighted by atomic mass is 16.6. The van der Waals surface area contributed by atoms with Gasteiger partial charge in [0.05, 0.1) is 25.1 Å². The van der Waals surface area contributed by atoms with Gasteiger partial charge in [-0.15, -0.1) is 0 Å². The minimum Gasteiger partial charge on any atom is -0.496 e. The summed E-state index contributed by atoms with van der Waals surface area (Å²) in [7, 11) is 3.10. The number of hydrogen-bond donors (Lipinski definition) is 3. The van der Waals surface area contributed by atoms with E-state index in [9.17, 15) is 19.7 Å². The van der Waals surface area contributed by atoms with Gasteiger partial charge in [0.25, 0.3) is 17.5 Å². The highest BCUT2D eigenvalue weighted by Gasteiger charge is 2.21. The van der Waals surface area contributed by atoms with Crippen molar-refractivity contribution in [2.45, 2.75) is 26.3 Å². The summed E-state index contributed by atoms with van der Waals surface area (Å²) in [4.78, 5) is 35.1. The molecule has 1 unspecified atom stereocenters. The van der Waals surface area contributed by atoms with E-state index in [4.69, 9.17) is 4.74 Å². The number of nitro groups is 1. The first-order valence-electron chi connectivity index (χ1n) is 7.76. The van der Waals surface area contributed by atoms with Crippen molar-refractivity contribution in [3.63, 3.8) is 0 Å². The molecule has 1 atom stereocenters. The molecule has 0 spiro atoms. The number of methoxy groups -OCH3 is 1. The van der Waals surface area contributed by atoms with Gasteiger partial charge in [-0.1, -0.05) is 0 Å². The summed E-state index contributed by atoms with van der Waals surface area (Å²) in [6.07, 6.45) is 0. The Labute approximate surface area is 146 Å². The van der Waals surface area contributed by atoms with Crippen molar-refractivity contribution in [1.29, 1.82) is 0 Å². The fraction of sp³-hybridized carbons (Fsp3) is 0.500. The molecule has 0 aliphatic heterocycles. The van der Waals surface area contributed by atoms with Crippen LogP contribution in [0.4, 0.5) is 11.4 Å². The molecule has 3 N–H and O–H groups in total. The maximum Gasteiger partial charge on any atom is 0.296 e. The molecule has 0 saturated carbocycles. The standard InChI is InChI=1S/C16H24N4O5/c1-16(2,3)18-15(22)10-19(4)9-14(21)17-12-7-6-11(25-5)8-13(12)20(23)24/h6-8H,9-10H2,1-5H3,(H,17,21)(H,18,22)/p+1. The number of nitro benzene ring substituents is 1. The van der Waals surface area contributed by atoms with Gasteiger partial charge in [-0.2, -0.15) is 0 Å². The number of amides is 2. The third kappa shape index (κ3) is 7.17. The SMILES string of the molecule is COc1ccc(NC(=O)C[NH+](C)CC(=O)NC(C)(C)C)c([N+](=O)[O-])c1. The molecule has 1 rings (SSSR count). The average molecular weight is 353 g/mol. The lowest BCUT2D eigenvalue weighted by molar-refractivity contribution is -0.862. The first-order chi connectivity index (χ1) is 11.5. The van der Waals surface area contributed by atoms with Crippen molar-refractivity contribution >= 4 is 23.2 Å². The number of benzene rings is 1. The van der Waals surface area contributed by atoms with Crippen LogP contribution in [-0.4, -0.2) is 49.5 Å². The molecule has 9 heteroatoms. The Balaban J connectivity index is 2.68. The van der Waals surface area contributed by atoms with Gasteiger partial charge in [-0.25, -0.2) is 0 Å². The summed E-state index contributed by atoms with van der Waals surface area (Å²) in [5.41, 5.74) is -0.512. The summed E-state index contributed by atoms with van der Waals surface area (Å²) in [5, 5.41) is 16.4. The van der Waals surface area contributed by atoms with Crippen molar-refractivity contribution in [2.24, 2.45) is 0 Å². The summed E-state index contributed by atoms with van der Waals surface area (Å²) >= 11 is 0. The molecule has 0 aliphatic carbocycles. The summed E-state index contributed by atoms with van der Waals surface area (Å²) < 4.78 is 4.95. The number of nitrogens with zero attached hydrogens (tertiary/aromatic N) is 1. The van der Waals surface area contributed by atoms with Crippen LogP contribution in [0.1, 0.15) is 20.8 Å². The summed E-state index contributed by atoms with van der Waals surface area (Å²) in [5.74, 6) is -0.270. The summed E-state index contributed by atoms with van der Waals surface area (Å²) in [6, 6.07) is 4.18. The molecular formula is C16H25N4O5+. The molecule has 0 bridgehead atoms. The smallest absolute Gasteiger partial charge is 0.296 e. The third-order valence-electron chi connectivity index (χ3n) is 3.11. The molecule has 1 aromatic rings. The van der Waals surface area contributed by atoms with E-state index in [1.807, 2.05) is 20.8 Å².